The molecule has 0 atom stereocenters. The molecule has 88 valence electrons. The van der Waals surface area contributed by atoms with Crippen LogP contribution >= 0.6 is 0 Å². The van der Waals surface area contributed by atoms with Crippen LogP contribution in [0.25, 0.3) is 0 Å². The number of carbonyl (C=O) groups excluding carboxylic acids is 2. The van der Waals surface area contributed by atoms with Crippen molar-refractivity contribution in [2.75, 3.05) is 18.0 Å². The molecule has 4 heteroatoms. The molecule has 0 amide bonds. The second-order valence-electron chi connectivity index (χ2n) is 4.45. The summed E-state index contributed by atoms with van der Waals surface area (Å²) >= 11 is 0. The van der Waals surface area contributed by atoms with E-state index in [4.69, 9.17) is 0 Å². The number of esters is 2. The zero-order valence-electron chi connectivity index (χ0n) is 9.44. The van der Waals surface area contributed by atoms with E-state index in [1.165, 1.54) is 19.3 Å². The van der Waals surface area contributed by atoms with Crippen LogP contribution in [0.2, 0.25) is 0 Å². The number of hydrogen-bond donors (Lipinski definition) is 0. The Morgan fingerprint density at radius 3 is 2.41 bits per heavy atom. The largest absolute Gasteiger partial charge is 0.386 e. The molecule has 0 aromatic heterocycles. The molecule has 0 bridgehead atoms. The molecule has 17 heavy (non-hydrogen) atoms. The van der Waals surface area contributed by atoms with E-state index in [0.29, 0.717) is 11.1 Å². The summed E-state index contributed by atoms with van der Waals surface area (Å²) in [5.74, 6) is -1.06. The molecule has 2 heterocycles. The van der Waals surface area contributed by atoms with E-state index in [-0.39, 0.29) is 0 Å². The molecule has 0 spiro atoms. The summed E-state index contributed by atoms with van der Waals surface area (Å²) in [4.78, 5) is 25.0. The Morgan fingerprint density at radius 2 is 1.65 bits per heavy atom. The van der Waals surface area contributed by atoms with Crippen LogP contribution < -0.4 is 4.90 Å². The van der Waals surface area contributed by atoms with E-state index >= 15 is 0 Å². The van der Waals surface area contributed by atoms with Gasteiger partial charge in [0.05, 0.1) is 11.1 Å². The van der Waals surface area contributed by atoms with Crippen molar-refractivity contribution in [3.63, 3.8) is 0 Å². The highest BCUT2D eigenvalue weighted by Crippen LogP contribution is 2.27. The number of rotatable bonds is 1. The Labute approximate surface area is 99.2 Å². The van der Waals surface area contributed by atoms with Crippen LogP contribution in [-0.2, 0) is 4.74 Å². The lowest BCUT2D eigenvalue weighted by Gasteiger charge is -2.28. The number of fused-ring (bicyclic) bond motifs is 1. The molecule has 0 unspecified atom stereocenters. The molecular formula is C13H13NO3. The number of cyclic esters (lactones) is 2. The molecule has 1 aromatic rings. The van der Waals surface area contributed by atoms with Crippen molar-refractivity contribution >= 4 is 17.6 Å². The van der Waals surface area contributed by atoms with E-state index in [1.807, 2.05) is 6.07 Å². The van der Waals surface area contributed by atoms with E-state index in [9.17, 15) is 9.59 Å². The van der Waals surface area contributed by atoms with Crippen molar-refractivity contribution in [1.82, 2.24) is 0 Å². The van der Waals surface area contributed by atoms with Gasteiger partial charge in [-0.05, 0) is 37.5 Å². The van der Waals surface area contributed by atoms with Crippen LogP contribution in [0.4, 0.5) is 5.69 Å². The number of carbonyl (C=O) groups is 2. The fourth-order valence-electron chi connectivity index (χ4n) is 2.42. The Balaban J connectivity index is 1.95. The molecule has 3 rings (SSSR count). The molecular weight excluding hydrogens is 218 g/mol. The van der Waals surface area contributed by atoms with Gasteiger partial charge >= 0.3 is 11.9 Å². The van der Waals surface area contributed by atoms with Gasteiger partial charge in [0.15, 0.2) is 0 Å². The summed E-state index contributed by atoms with van der Waals surface area (Å²) in [6, 6.07) is 5.35. The van der Waals surface area contributed by atoms with Crippen LogP contribution in [-0.4, -0.2) is 25.0 Å². The third-order valence-electron chi connectivity index (χ3n) is 3.35. The number of anilines is 1. The summed E-state index contributed by atoms with van der Waals surface area (Å²) in [6.45, 7) is 2.03. The van der Waals surface area contributed by atoms with E-state index in [2.05, 4.69) is 9.64 Å². The van der Waals surface area contributed by atoms with E-state index < -0.39 is 11.9 Å². The summed E-state index contributed by atoms with van der Waals surface area (Å²) < 4.78 is 4.58. The molecule has 1 fully saturated rings. The minimum absolute atomic E-state index is 0.385. The monoisotopic (exact) mass is 231 g/mol. The maximum absolute atomic E-state index is 11.4. The Hall–Kier alpha value is -1.84. The average molecular weight is 231 g/mol. The van der Waals surface area contributed by atoms with Gasteiger partial charge < -0.3 is 9.64 Å². The molecule has 0 aliphatic carbocycles. The first-order valence-electron chi connectivity index (χ1n) is 5.91. The Kier molecular flexibility index (Phi) is 2.35. The van der Waals surface area contributed by atoms with Crippen molar-refractivity contribution in [2.45, 2.75) is 19.3 Å². The number of piperidine rings is 1. The van der Waals surface area contributed by atoms with Gasteiger partial charge in [-0.25, -0.2) is 9.59 Å². The lowest BCUT2D eigenvalue weighted by molar-refractivity contribution is 0.0444. The first kappa shape index (κ1) is 10.3. The number of hydrogen-bond acceptors (Lipinski definition) is 4. The van der Waals surface area contributed by atoms with Crippen molar-refractivity contribution in [3.8, 4) is 0 Å². The van der Waals surface area contributed by atoms with Gasteiger partial charge in [-0.2, -0.15) is 0 Å². The Bertz CT molecular complexity index is 489. The van der Waals surface area contributed by atoms with Gasteiger partial charge in [0, 0.05) is 18.8 Å². The minimum Gasteiger partial charge on any atom is -0.386 e. The van der Waals surface area contributed by atoms with Gasteiger partial charge in [0.1, 0.15) is 0 Å². The van der Waals surface area contributed by atoms with Crippen molar-refractivity contribution in [1.29, 1.82) is 0 Å². The SMILES string of the molecule is O=C1OC(=O)c2cc(N3CCCCC3)ccc21. The zero-order valence-corrected chi connectivity index (χ0v) is 9.44. The van der Waals surface area contributed by atoms with Crippen LogP contribution in [0.5, 0.6) is 0 Å². The first-order valence-corrected chi connectivity index (χ1v) is 5.91. The number of nitrogens with zero attached hydrogens (tertiary/aromatic N) is 1. The topological polar surface area (TPSA) is 46.6 Å². The van der Waals surface area contributed by atoms with Crippen LogP contribution in [0.1, 0.15) is 40.0 Å². The predicted octanol–water partition coefficient (Wildman–Crippen LogP) is 1.99. The molecule has 0 radical (unpaired) electrons. The fourth-order valence-corrected chi connectivity index (χ4v) is 2.42. The molecule has 0 N–H and O–H groups in total. The van der Waals surface area contributed by atoms with Crippen molar-refractivity contribution in [3.05, 3.63) is 29.3 Å². The summed E-state index contributed by atoms with van der Waals surface area (Å²) in [5.41, 5.74) is 1.80. The molecule has 1 saturated heterocycles. The predicted molar refractivity (Wildman–Crippen MR) is 62.3 cm³/mol. The van der Waals surface area contributed by atoms with Gasteiger partial charge in [0.2, 0.25) is 0 Å². The van der Waals surface area contributed by atoms with Gasteiger partial charge in [-0.1, -0.05) is 0 Å². The van der Waals surface area contributed by atoms with Gasteiger partial charge in [-0.15, -0.1) is 0 Å². The quantitative estimate of drug-likeness (QED) is 0.547. The normalized spacial score (nSPS) is 19.2. The second kappa shape index (κ2) is 3.87. The van der Waals surface area contributed by atoms with Crippen molar-refractivity contribution in [2.24, 2.45) is 0 Å². The summed E-state index contributed by atoms with van der Waals surface area (Å²) in [6.07, 6.45) is 3.63. The maximum Gasteiger partial charge on any atom is 0.346 e. The maximum atomic E-state index is 11.4. The molecule has 4 nitrogen and oxygen atoms in total. The smallest absolute Gasteiger partial charge is 0.346 e. The van der Waals surface area contributed by atoms with Crippen LogP contribution in [0.15, 0.2) is 18.2 Å². The van der Waals surface area contributed by atoms with Crippen LogP contribution in [0, 0.1) is 0 Å². The lowest BCUT2D eigenvalue weighted by Crippen LogP contribution is -2.29. The standard InChI is InChI=1S/C13H13NO3/c15-12-10-5-4-9(8-11(10)13(16)17-12)14-6-2-1-3-7-14/h4-5,8H,1-3,6-7H2. The molecule has 2 aliphatic rings. The summed E-state index contributed by atoms with van der Waals surface area (Å²) in [5, 5.41) is 0. The third-order valence-corrected chi connectivity index (χ3v) is 3.35. The van der Waals surface area contributed by atoms with E-state index in [0.717, 1.165) is 18.8 Å². The first-order chi connectivity index (χ1) is 8.25. The number of ether oxygens (including phenoxy) is 1. The molecule has 2 aliphatic heterocycles. The summed E-state index contributed by atoms with van der Waals surface area (Å²) in [7, 11) is 0. The molecule has 1 aromatic carbocycles. The fraction of sp³-hybridized carbons (Fsp3) is 0.385. The highest BCUT2D eigenvalue weighted by molar-refractivity contribution is 6.15. The van der Waals surface area contributed by atoms with Gasteiger partial charge in [-0.3, -0.25) is 0 Å². The van der Waals surface area contributed by atoms with E-state index in [1.54, 1.807) is 12.1 Å². The minimum atomic E-state index is -0.532. The highest BCUT2D eigenvalue weighted by atomic mass is 16.6. The third kappa shape index (κ3) is 1.69. The number of benzene rings is 1. The van der Waals surface area contributed by atoms with Crippen molar-refractivity contribution < 1.29 is 14.3 Å². The van der Waals surface area contributed by atoms with Crippen LogP contribution in [0.3, 0.4) is 0 Å². The second-order valence-corrected chi connectivity index (χ2v) is 4.45. The van der Waals surface area contributed by atoms with Gasteiger partial charge in [0.25, 0.3) is 0 Å². The lowest BCUT2D eigenvalue weighted by atomic mass is 10.1. The highest BCUT2D eigenvalue weighted by Gasteiger charge is 2.30. The average Bonchev–Trinajstić information content (AvgIpc) is 2.66. The zero-order chi connectivity index (χ0) is 11.8. The molecule has 0 saturated carbocycles. The Morgan fingerprint density at radius 1 is 0.941 bits per heavy atom.